The van der Waals surface area contributed by atoms with Crippen LogP contribution in [0.1, 0.15) is 44.6 Å². The Morgan fingerprint density at radius 1 is 1.30 bits per heavy atom. The van der Waals surface area contributed by atoms with E-state index in [-0.39, 0.29) is 12.1 Å². The highest BCUT2D eigenvalue weighted by Crippen LogP contribution is 2.20. The smallest absolute Gasteiger partial charge is 0.218 e. The Morgan fingerprint density at radius 3 is 2.80 bits per heavy atom. The molecule has 0 aliphatic heterocycles. The summed E-state index contributed by atoms with van der Waals surface area (Å²) in [6.45, 7) is 6.84. The molecule has 1 unspecified atom stereocenters. The fourth-order valence-corrected chi connectivity index (χ4v) is 2.06. The van der Waals surface area contributed by atoms with Crippen LogP contribution >= 0.6 is 0 Å². The van der Waals surface area contributed by atoms with Crippen LogP contribution in [0.3, 0.4) is 0 Å². The topological polar surface area (TPSA) is 47.3 Å². The minimum atomic E-state index is 0.121. The summed E-state index contributed by atoms with van der Waals surface area (Å²) in [5, 5.41) is 3.49. The van der Waals surface area contributed by atoms with Crippen LogP contribution in [0.5, 0.6) is 5.88 Å². The summed E-state index contributed by atoms with van der Waals surface area (Å²) in [5.41, 5.74) is 1.06. The first-order chi connectivity index (χ1) is 9.70. The first-order valence-corrected chi connectivity index (χ1v) is 7.08. The molecule has 0 saturated heterocycles. The second kappa shape index (κ2) is 7.10. The van der Waals surface area contributed by atoms with Crippen molar-refractivity contribution in [2.24, 2.45) is 0 Å². The summed E-state index contributed by atoms with van der Waals surface area (Å²) in [6.07, 6.45) is 4.55. The minimum Gasteiger partial charge on any atom is -0.475 e. The molecular weight excluding hydrogens is 252 g/mol. The van der Waals surface area contributed by atoms with Crippen LogP contribution in [-0.4, -0.2) is 11.1 Å². The monoisotopic (exact) mass is 274 g/mol. The van der Waals surface area contributed by atoms with Gasteiger partial charge < -0.3 is 14.5 Å². The Kier molecular flexibility index (Phi) is 5.18. The number of nitrogens with one attached hydrogen (secondary N) is 1. The molecule has 1 atom stereocenters. The maximum atomic E-state index is 5.73. The molecule has 0 amide bonds. The molecule has 0 spiro atoms. The second-order valence-corrected chi connectivity index (χ2v) is 4.99. The van der Waals surface area contributed by atoms with Crippen LogP contribution in [0.4, 0.5) is 0 Å². The predicted octanol–water partition coefficient (Wildman–Crippen LogP) is 3.70. The summed E-state index contributed by atoms with van der Waals surface area (Å²) in [4.78, 5) is 4.30. The molecule has 0 radical (unpaired) electrons. The van der Waals surface area contributed by atoms with Crippen LogP contribution < -0.4 is 10.1 Å². The zero-order valence-electron chi connectivity index (χ0n) is 12.3. The van der Waals surface area contributed by atoms with Crippen molar-refractivity contribution < 1.29 is 9.15 Å². The Balaban J connectivity index is 2.03. The van der Waals surface area contributed by atoms with E-state index in [4.69, 9.17) is 9.15 Å². The van der Waals surface area contributed by atoms with Gasteiger partial charge in [0.15, 0.2) is 0 Å². The molecule has 4 heteroatoms. The lowest BCUT2D eigenvalue weighted by atomic mass is 10.1. The van der Waals surface area contributed by atoms with Gasteiger partial charge in [0, 0.05) is 18.3 Å². The van der Waals surface area contributed by atoms with E-state index in [1.165, 1.54) is 0 Å². The summed E-state index contributed by atoms with van der Waals surface area (Å²) in [5.74, 6) is 1.66. The van der Waals surface area contributed by atoms with E-state index >= 15 is 0 Å². The largest absolute Gasteiger partial charge is 0.475 e. The number of nitrogens with zero attached hydrogens (tertiary/aromatic N) is 1. The Morgan fingerprint density at radius 2 is 2.15 bits per heavy atom. The van der Waals surface area contributed by atoms with E-state index < -0.39 is 0 Å². The van der Waals surface area contributed by atoms with Gasteiger partial charge in [0.05, 0.1) is 18.4 Å². The average molecular weight is 274 g/mol. The van der Waals surface area contributed by atoms with Crippen molar-refractivity contribution in [3.63, 3.8) is 0 Å². The molecule has 0 aliphatic carbocycles. The highest BCUT2D eigenvalue weighted by atomic mass is 16.5. The maximum absolute atomic E-state index is 5.73. The minimum absolute atomic E-state index is 0.121. The van der Waals surface area contributed by atoms with E-state index in [2.05, 4.69) is 17.2 Å². The number of rotatable bonds is 7. The molecule has 0 bridgehead atoms. The lowest BCUT2D eigenvalue weighted by Crippen LogP contribution is -2.21. The summed E-state index contributed by atoms with van der Waals surface area (Å²) in [6, 6.07) is 8.08. The molecule has 1 N–H and O–H groups in total. The normalized spacial score (nSPS) is 12.6. The molecule has 0 fully saturated rings. The quantitative estimate of drug-likeness (QED) is 0.836. The lowest BCUT2D eigenvalue weighted by Gasteiger charge is -2.17. The number of hydrogen-bond donors (Lipinski definition) is 1. The highest BCUT2D eigenvalue weighted by molar-refractivity contribution is 5.25. The Hall–Kier alpha value is -1.81. The molecule has 20 heavy (non-hydrogen) atoms. The van der Waals surface area contributed by atoms with Crippen LogP contribution in [0.15, 0.2) is 41.1 Å². The third kappa shape index (κ3) is 3.84. The van der Waals surface area contributed by atoms with Gasteiger partial charge in [0.1, 0.15) is 5.76 Å². The number of hydrogen-bond acceptors (Lipinski definition) is 4. The molecule has 2 rings (SSSR count). The van der Waals surface area contributed by atoms with Crippen molar-refractivity contribution >= 4 is 0 Å². The molecule has 108 valence electrons. The fraction of sp³-hybridized carbons (Fsp3) is 0.438. The molecule has 0 aliphatic rings. The Labute approximate surface area is 120 Å². The van der Waals surface area contributed by atoms with Crippen molar-refractivity contribution in [2.45, 2.75) is 45.9 Å². The summed E-state index contributed by atoms with van der Waals surface area (Å²) >= 11 is 0. The summed E-state index contributed by atoms with van der Waals surface area (Å²) in [7, 11) is 0. The van der Waals surface area contributed by atoms with Gasteiger partial charge in [-0.3, -0.25) is 0 Å². The first kappa shape index (κ1) is 14.6. The van der Waals surface area contributed by atoms with E-state index in [9.17, 15) is 0 Å². The first-order valence-electron chi connectivity index (χ1n) is 7.08. The van der Waals surface area contributed by atoms with Gasteiger partial charge in [-0.25, -0.2) is 4.98 Å². The molecular formula is C16H22N2O2. The van der Waals surface area contributed by atoms with Gasteiger partial charge in [-0.15, -0.1) is 0 Å². The van der Waals surface area contributed by atoms with Crippen molar-refractivity contribution in [3.8, 4) is 5.88 Å². The van der Waals surface area contributed by atoms with E-state index in [0.717, 1.165) is 17.7 Å². The van der Waals surface area contributed by atoms with Crippen molar-refractivity contribution in [3.05, 3.63) is 48.0 Å². The van der Waals surface area contributed by atoms with Crippen molar-refractivity contribution in [2.75, 3.05) is 0 Å². The molecule has 2 aromatic heterocycles. The maximum Gasteiger partial charge on any atom is 0.218 e. The van der Waals surface area contributed by atoms with Gasteiger partial charge in [-0.1, -0.05) is 13.0 Å². The number of pyridine rings is 1. The predicted molar refractivity (Wildman–Crippen MR) is 78.6 cm³/mol. The van der Waals surface area contributed by atoms with Gasteiger partial charge >= 0.3 is 0 Å². The fourth-order valence-electron chi connectivity index (χ4n) is 2.06. The molecule has 2 heterocycles. The third-order valence-electron chi connectivity index (χ3n) is 3.03. The zero-order chi connectivity index (χ0) is 14.4. The lowest BCUT2D eigenvalue weighted by molar-refractivity contribution is 0.229. The van der Waals surface area contributed by atoms with Gasteiger partial charge in [0.2, 0.25) is 5.88 Å². The second-order valence-electron chi connectivity index (χ2n) is 4.99. The van der Waals surface area contributed by atoms with E-state index in [1.807, 2.05) is 38.1 Å². The van der Waals surface area contributed by atoms with Crippen molar-refractivity contribution in [1.29, 1.82) is 0 Å². The molecule has 2 aromatic rings. The molecule has 4 nitrogen and oxygen atoms in total. The SMILES string of the molecule is CCC(NCc1cccnc1OC(C)C)c1ccco1. The van der Waals surface area contributed by atoms with E-state index in [1.54, 1.807) is 12.5 Å². The van der Waals surface area contributed by atoms with Gasteiger partial charge in [0.25, 0.3) is 0 Å². The Bertz CT molecular complexity index is 509. The van der Waals surface area contributed by atoms with Gasteiger partial charge in [-0.2, -0.15) is 0 Å². The van der Waals surface area contributed by atoms with Crippen LogP contribution in [0.25, 0.3) is 0 Å². The zero-order valence-corrected chi connectivity index (χ0v) is 12.3. The molecule has 0 aromatic carbocycles. The molecule has 0 saturated carbocycles. The van der Waals surface area contributed by atoms with Crippen LogP contribution in [0, 0.1) is 0 Å². The summed E-state index contributed by atoms with van der Waals surface area (Å²) < 4.78 is 11.2. The third-order valence-corrected chi connectivity index (χ3v) is 3.03. The number of aromatic nitrogens is 1. The van der Waals surface area contributed by atoms with Gasteiger partial charge in [-0.05, 0) is 38.5 Å². The van der Waals surface area contributed by atoms with E-state index in [0.29, 0.717) is 12.4 Å². The van der Waals surface area contributed by atoms with Crippen LogP contribution in [-0.2, 0) is 6.54 Å². The average Bonchev–Trinajstić information content (AvgIpc) is 2.95. The van der Waals surface area contributed by atoms with Crippen LogP contribution in [0.2, 0.25) is 0 Å². The highest BCUT2D eigenvalue weighted by Gasteiger charge is 2.13. The standard InChI is InChI=1S/C16H22N2O2/c1-4-14(15-8-6-10-19-15)18-11-13-7-5-9-17-16(13)20-12(2)3/h5-10,12,14,18H,4,11H2,1-3H3. The number of furan rings is 1. The number of ether oxygens (including phenoxy) is 1. The van der Waals surface area contributed by atoms with Crippen molar-refractivity contribution in [1.82, 2.24) is 10.3 Å².